The predicted molar refractivity (Wildman–Crippen MR) is 108 cm³/mol. The van der Waals surface area contributed by atoms with E-state index in [0.29, 0.717) is 0 Å². The number of aryl methyl sites for hydroxylation is 2. The van der Waals surface area contributed by atoms with Gasteiger partial charge in [-0.05, 0) is 37.4 Å². The molecule has 3 nitrogen and oxygen atoms in total. The Balaban J connectivity index is 1.24. The average molecular weight is 353 g/mol. The van der Waals surface area contributed by atoms with Gasteiger partial charge in [0.25, 0.3) is 0 Å². The van der Waals surface area contributed by atoms with E-state index in [-0.39, 0.29) is 0 Å². The Labute approximate surface area is 158 Å². The van der Waals surface area contributed by atoms with Crippen LogP contribution < -0.4 is 0 Å². The van der Waals surface area contributed by atoms with Crippen LogP contribution >= 0.6 is 0 Å². The summed E-state index contributed by atoms with van der Waals surface area (Å²) >= 11 is 0. The normalized spacial score (nSPS) is 16.0. The van der Waals surface area contributed by atoms with Crippen molar-refractivity contribution in [3.63, 3.8) is 0 Å². The number of nitrogens with zero attached hydrogens (tertiary/aromatic N) is 2. The summed E-state index contributed by atoms with van der Waals surface area (Å²) in [6, 6.07) is 19.4. The molecule has 1 aliphatic rings. The van der Waals surface area contributed by atoms with Crippen molar-refractivity contribution in [2.75, 3.05) is 45.9 Å². The quantitative estimate of drug-likeness (QED) is 0.639. The van der Waals surface area contributed by atoms with Gasteiger partial charge in [-0.2, -0.15) is 0 Å². The van der Waals surface area contributed by atoms with Crippen molar-refractivity contribution in [3.8, 4) is 0 Å². The van der Waals surface area contributed by atoms with Crippen molar-refractivity contribution in [1.82, 2.24) is 9.80 Å². The van der Waals surface area contributed by atoms with Gasteiger partial charge in [0, 0.05) is 32.7 Å². The molecule has 0 bridgehead atoms. The van der Waals surface area contributed by atoms with Gasteiger partial charge in [-0.1, -0.05) is 60.2 Å². The molecule has 0 spiro atoms. The third kappa shape index (κ3) is 6.56. The molecule has 3 heteroatoms. The van der Waals surface area contributed by atoms with Crippen LogP contribution in [-0.2, 0) is 17.8 Å². The van der Waals surface area contributed by atoms with Crippen LogP contribution in [0.3, 0.4) is 0 Å². The maximum Gasteiger partial charge on any atom is 0.0717 e. The van der Waals surface area contributed by atoms with Crippen molar-refractivity contribution in [3.05, 3.63) is 71.3 Å². The molecule has 0 aromatic heterocycles. The highest BCUT2D eigenvalue weighted by Crippen LogP contribution is 2.08. The fraction of sp³-hybridized carbons (Fsp3) is 0.478. The van der Waals surface area contributed by atoms with Crippen LogP contribution in [0.2, 0.25) is 0 Å². The molecule has 3 rings (SSSR count). The molecular weight excluding hydrogens is 320 g/mol. The van der Waals surface area contributed by atoms with Gasteiger partial charge in [0.1, 0.15) is 0 Å². The SMILES string of the molecule is Cc1ccc(CCCN2CCN(CCOCc3ccccc3)CC2)cc1. The second kappa shape index (κ2) is 10.5. The van der Waals surface area contributed by atoms with E-state index in [4.69, 9.17) is 4.74 Å². The molecule has 0 saturated carbocycles. The zero-order valence-electron chi connectivity index (χ0n) is 16.1. The summed E-state index contributed by atoms with van der Waals surface area (Å²) in [5, 5.41) is 0. The molecule has 0 aliphatic carbocycles. The minimum Gasteiger partial charge on any atom is -0.375 e. The van der Waals surface area contributed by atoms with Gasteiger partial charge in [-0.15, -0.1) is 0 Å². The number of hydrogen-bond acceptors (Lipinski definition) is 3. The topological polar surface area (TPSA) is 15.7 Å². The summed E-state index contributed by atoms with van der Waals surface area (Å²) in [7, 11) is 0. The molecule has 1 fully saturated rings. The van der Waals surface area contributed by atoms with Crippen molar-refractivity contribution in [1.29, 1.82) is 0 Å². The predicted octanol–water partition coefficient (Wildman–Crippen LogP) is 3.76. The number of rotatable bonds is 9. The maximum absolute atomic E-state index is 5.82. The van der Waals surface area contributed by atoms with Crippen LogP contribution in [0.25, 0.3) is 0 Å². The molecule has 1 saturated heterocycles. The Morgan fingerprint density at radius 2 is 1.42 bits per heavy atom. The zero-order chi connectivity index (χ0) is 18.0. The molecule has 2 aromatic rings. The van der Waals surface area contributed by atoms with E-state index in [2.05, 4.69) is 65.3 Å². The van der Waals surface area contributed by atoms with Gasteiger partial charge >= 0.3 is 0 Å². The fourth-order valence-corrected chi connectivity index (χ4v) is 3.46. The molecule has 0 unspecified atom stereocenters. The van der Waals surface area contributed by atoms with E-state index in [1.165, 1.54) is 62.3 Å². The Morgan fingerprint density at radius 1 is 0.769 bits per heavy atom. The molecule has 0 amide bonds. The molecule has 0 atom stereocenters. The molecule has 1 heterocycles. The largest absolute Gasteiger partial charge is 0.375 e. The van der Waals surface area contributed by atoms with Crippen molar-refractivity contribution < 1.29 is 4.74 Å². The summed E-state index contributed by atoms with van der Waals surface area (Å²) < 4.78 is 5.82. The fourth-order valence-electron chi connectivity index (χ4n) is 3.46. The van der Waals surface area contributed by atoms with Gasteiger partial charge in [0.05, 0.1) is 13.2 Å². The van der Waals surface area contributed by atoms with Crippen LogP contribution in [0.4, 0.5) is 0 Å². The maximum atomic E-state index is 5.82. The molecular formula is C23H32N2O. The van der Waals surface area contributed by atoms with Crippen LogP contribution in [0, 0.1) is 6.92 Å². The van der Waals surface area contributed by atoms with E-state index in [1.54, 1.807) is 0 Å². The molecule has 26 heavy (non-hydrogen) atoms. The zero-order valence-corrected chi connectivity index (χ0v) is 16.1. The van der Waals surface area contributed by atoms with Gasteiger partial charge < -0.3 is 9.64 Å². The highest BCUT2D eigenvalue weighted by atomic mass is 16.5. The lowest BCUT2D eigenvalue weighted by molar-refractivity contribution is 0.0682. The number of ether oxygens (including phenoxy) is 1. The summed E-state index contributed by atoms with van der Waals surface area (Å²) in [6.45, 7) is 10.7. The van der Waals surface area contributed by atoms with Gasteiger partial charge in [0.2, 0.25) is 0 Å². The van der Waals surface area contributed by atoms with Crippen LogP contribution in [0.5, 0.6) is 0 Å². The van der Waals surface area contributed by atoms with Gasteiger partial charge in [-0.3, -0.25) is 4.90 Å². The monoisotopic (exact) mass is 352 g/mol. The highest BCUT2D eigenvalue weighted by molar-refractivity contribution is 5.21. The standard InChI is InChI=1S/C23H32N2O/c1-21-9-11-22(12-10-21)8-5-13-24-14-16-25(17-15-24)18-19-26-20-23-6-3-2-4-7-23/h2-4,6-7,9-12H,5,8,13-20H2,1H3. The van der Waals surface area contributed by atoms with E-state index < -0.39 is 0 Å². The summed E-state index contributed by atoms with van der Waals surface area (Å²) in [5.41, 5.74) is 4.06. The van der Waals surface area contributed by atoms with Crippen molar-refractivity contribution in [2.45, 2.75) is 26.4 Å². The molecule has 140 valence electrons. The van der Waals surface area contributed by atoms with Crippen molar-refractivity contribution >= 4 is 0 Å². The third-order valence-electron chi connectivity index (χ3n) is 5.19. The summed E-state index contributed by atoms with van der Waals surface area (Å²) in [6.07, 6.45) is 2.44. The Kier molecular flexibility index (Phi) is 7.68. The first kappa shape index (κ1) is 19.1. The molecule has 2 aromatic carbocycles. The minimum atomic E-state index is 0.722. The first-order chi connectivity index (χ1) is 12.8. The summed E-state index contributed by atoms with van der Waals surface area (Å²) in [4.78, 5) is 5.14. The molecule has 1 aliphatic heterocycles. The lowest BCUT2D eigenvalue weighted by Crippen LogP contribution is -2.47. The smallest absolute Gasteiger partial charge is 0.0717 e. The lowest BCUT2D eigenvalue weighted by atomic mass is 10.1. The van der Waals surface area contributed by atoms with Gasteiger partial charge in [-0.25, -0.2) is 0 Å². The van der Waals surface area contributed by atoms with E-state index in [0.717, 1.165) is 19.8 Å². The van der Waals surface area contributed by atoms with E-state index >= 15 is 0 Å². The molecule has 0 radical (unpaired) electrons. The lowest BCUT2D eigenvalue weighted by Gasteiger charge is -2.34. The van der Waals surface area contributed by atoms with E-state index in [1.807, 2.05) is 6.07 Å². The van der Waals surface area contributed by atoms with Crippen LogP contribution in [0.15, 0.2) is 54.6 Å². The average Bonchev–Trinajstić information content (AvgIpc) is 2.69. The van der Waals surface area contributed by atoms with E-state index in [9.17, 15) is 0 Å². The Bertz CT molecular complexity index is 618. The second-order valence-electron chi connectivity index (χ2n) is 7.31. The minimum absolute atomic E-state index is 0.722. The second-order valence-corrected chi connectivity index (χ2v) is 7.31. The third-order valence-corrected chi connectivity index (χ3v) is 5.19. The summed E-state index contributed by atoms with van der Waals surface area (Å²) in [5.74, 6) is 0. The first-order valence-electron chi connectivity index (χ1n) is 9.91. The molecule has 0 N–H and O–H groups in total. The van der Waals surface area contributed by atoms with Crippen molar-refractivity contribution in [2.24, 2.45) is 0 Å². The van der Waals surface area contributed by atoms with Crippen LogP contribution in [0.1, 0.15) is 23.1 Å². The Morgan fingerprint density at radius 3 is 2.12 bits per heavy atom. The number of piperazine rings is 1. The highest BCUT2D eigenvalue weighted by Gasteiger charge is 2.15. The first-order valence-corrected chi connectivity index (χ1v) is 9.91. The number of hydrogen-bond donors (Lipinski definition) is 0. The van der Waals surface area contributed by atoms with Crippen LogP contribution in [-0.4, -0.2) is 55.7 Å². The van der Waals surface area contributed by atoms with Gasteiger partial charge in [0.15, 0.2) is 0 Å². The Hall–Kier alpha value is -1.68. The number of benzene rings is 2.